The Bertz CT molecular complexity index is 624. The summed E-state index contributed by atoms with van der Waals surface area (Å²) in [6.07, 6.45) is 0. The highest BCUT2D eigenvalue weighted by Crippen LogP contribution is 2.36. The predicted molar refractivity (Wildman–Crippen MR) is 113 cm³/mol. The van der Waals surface area contributed by atoms with Gasteiger partial charge in [-0.1, -0.05) is 81.4 Å². The second kappa shape index (κ2) is 8.48. The molecule has 0 radical (unpaired) electrons. The molecular formula is C22H32N2OSi. The van der Waals surface area contributed by atoms with Crippen LogP contribution >= 0.6 is 0 Å². The van der Waals surface area contributed by atoms with Crippen LogP contribution < -0.4 is 15.7 Å². The van der Waals surface area contributed by atoms with Crippen molar-refractivity contribution in [2.24, 2.45) is 0 Å². The van der Waals surface area contributed by atoms with E-state index in [4.69, 9.17) is 4.43 Å². The molecule has 0 atom stereocenters. The summed E-state index contributed by atoms with van der Waals surface area (Å²) in [6.45, 7) is 13.2. The number of nitrogens with zero attached hydrogens (tertiary/aromatic N) is 1. The van der Waals surface area contributed by atoms with Crippen LogP contribution in [-0.4, -0.2) is 52.5 Å². The number of piperazine rings is 1. The summed E-state index contributed by atoms with van der Waals surface area (Å²) >= 11 is 0. The molecule has 0 aliphatic carbocycles. The molecule has 0 saturated carbocycles. The minimum Gasteiger partial charge on any atom is -0.406 e. The van der Waals surface area contributed by atoms with E-state index in [9.17, 15) is 0 Å². The molecular weight excluding hydrogens is 336 g/mol. The smallest absolute Gasteiger partial charge is 0.261 e. The Morgan fingerprint density at radius 1 is 0.885 bits per heavy atom. The van der Waals surface area contributed by atoms with Crippen molar-refractivity contribution in [2.45, 2.75) is 25.8 Å². The molecule has 3 nitrogen and oxygen atoms in total. The number of nitrogens with one attached hydrogen (secondary N) is 1. The number of benzene rings is 2. The van der Waals surface area contributed by atoms with Gasteiger partial charge >= 0.3 is 0 Å². The quantitative estimate of drug-likeness (QED) is 0.793. The van der Waals surface area contributed by atoms with Gasteiger partial charge in [0.1, 0.15) is 0 Å². The Hall–Kier alpha value is -1.46. The van der Waals surface area contributed by atoms with Crippen molar-refractivity contribution in [1.82, 2.24) is 10.2 Å². The third-order valence-electron chi connectivity index (χ3n) is 5.35. The van der Waals surface area contributed by atoms with Crippen LogP contribution in [0, 0.1) is 0 Å². The van der Waals surface area contributed by atoms with Gasteiger partial charge in [-0.25, -0.2) is 0 Å². The van der Waals surface area contributed by atoms with Crippen molar-refractivity contribution < 1.29 is 4.43 Å². The fourth-order valence-corrected chi connectivity index (χ4v) is 8.58. The topological polar surface area (TPSA) is 24.5 Å². The molecule has 26 heavy (non-hydrogen) atoms. The Morgan fingerprint density at radius 3 is 1.85 bits per heavy atom. The van der Waals surface area contributed by atoms with E-state index in [2.05, 4.69) is 91.7 Å². The van der Waals surface area contributed by atoms with Crippen LogP contribution in [0.4, 0.5) is 0 Å². The van der Waals surface area contributed by atoms with Gasteiger partial charge in [-0.2, -0.15) is 0 Å². The Morgan fingerprint density at radius 2 is 1.38 bits per heavy atom. The van der Waals surface area contributed by atoms with Crippen LogP contribution in [0.5, 0.6) is 0 Å². The maximum atomic E-state index is 6.95. The lowest BCUT2D eigenvalue weighted by Crippen LogP contribution is -2.67. The van der Waals surface area contributed by atoms with E-state index in [1.54, 1.807) is 0 Å². The lowest BCUT2D eigenvalue weighted by Gasteiger charge is -2.43. The molecule has 0 unspecified atom stereocenters. The van der Waals surface area contributed by atoms with Crippen LogP contribution in [0.25, 0.3) is 0 Å². The molecule has 4 heteroatoms. The second-order valence-electron chi connectivity index (χ2n) is 8.10. The first-order valence-electron chi connectivity index (χ1n) is 9.72. The van der Waals surface area contributed by atoms with Crippen molar-refractivity contribution >= 4 is 18.7 Å². The van der Waals surface area contributed by atoms with Crippen LogP contribution in [-0.2, 0) is 4.43 Å². The zero-order chi connectivity index (χ0) is 18.5. The van der Waals surface area contributed by atoms with Gasteiger partial charge in [-0.05, 0) is 15.4 Å². The summed E-state index contributed by atoms with van der Waals surface area (Å²) in [5, 5.41) is 6.20. The number of hydrogen-bond donors (Lipinski definition) is 1. The Kier molecular flexibility index (Phi) is 6.30. The molecule has 1 aliphatic heterocycles. The lowest BCUT2D eigenvalue weighted by atomic mass is 10.2. The molecule has 3 rings (SSSR count). The van der Waals surface area contributed by atoms with E-state index in [-0.39, 0.29) is 5.04 Å². The maximum Gasteiger partial charge on any atom is 0.261 e. The zero-order valence-corrected chi connectivity index (χ0v) is 17.4. The van der Waals surface area contributed by atoms with Crippen LogP contribution in [0.1, 0.15) is 20.8 Å². The Labute approximate surface area is 159 Å². The molecule has 0 aromatic heterocycles. The van der Waals surface area contributed by atoms with Gasteiger partial charge in [0, 0.05) is 39.3 Å². The fraction of sp³-hybridized carbons (Fsp3) is 0.455. The molecule has 140 valence electrons. The van der Waals surface area contributed by atoms with Crippen molar-refractivity contribution in [3.05, 3.63) is 60.7 Å². The van der Waals surface area contributed by atoms with Gasteiger partial charge in [-0.3, -0.25) is 4.90 Å². The summed E-state index contributed by atoms with van der Waals surface area (Å²) < 4.78 is 6.95. The highest BCUT2D eigenvalue weighted by atomic mass is 28.4. The average Bonchev–Trinajstić information content (AvgIpc) is 2.66. The first-order chi connectivity index (χ1) is 12.5. The summed E-state index contributed by atoms with van der Waals surface area (Å²) in [7, 11) is -2.38. The maximum absolute atomic E-state index is 6.95. The Balaban J connectivity index is 1.92. The highest BCUT2D eigenvalue weighted by Gasteiger charge is 2.50. The third-order valence-corrected chi connectivity index (χ3v) is 10.4. The van der Waals surface area contributed by atoms with Crippen LogP contribution in [0.2, 0.25) is 5.04 Å². The summed E-state index contributed by atoms with van der Waals surface area (Å²) in [6, 6.07) is 21.8. The second-order valence-corrected chi connectivity index (χ2v) is 12.4. The van der Waals surface area contributed by atoms with E-state index in [0.29, 0.717) is 0 Å². The van der Waals surface area contributed by atoms with E-state index < -0.39 is 8.32 Å². The van der Waals surface area contributed by atoms with Gasteiger partial charge in [0.25, 0.3) is 8.32 Å². The van der Waals surface area contributed by atoms with Crippen molar-refractivity contribution in [1.29, 1.82) is 0 Å². The molecule has 2 aromatic rings. The van der Waals surface area contributed by atoms with Gasteiger partial charge < -0.3 is 9.74 Å². The van der Waals surface area contributed by atoms with Crippen molar-refractivity contribution in [3.8, 4) is 0 Å². The first-order valence-corrected chi connectivity index (χ1v) is 11.6. The van der Waals surface area contributed by atoms with E-state index in [0.717, 1.165) is 39.3 Å². The zero-order valence-electron chi connectivity index (χ0n) is 16.4. The molecule has 2 aromatic carbocycles. The van der Waals surface area contributed by atoms with Gasteiger partial charge in [0.15, 0.2) is 0 Å². The molecule has 0 spiro atoms. The normalized spacial score (nSPS) is 16.6. The average molecular weight is 369 g/mol. The summed E-state index contributed by atoms with van der Waals surface area (Å²) in [4.78, 5) is 2.51. The lowest BCUT2D eigenvalue weighted by molar-refractivity contribution is 0.185. The highest BCUT2D eigenvalue weighted by molar-refractivity contribution is 6.99. The van der Waals surface area contributed by atoms with E-state index in [1.165, 1.54) is 10.4 Å². The molecule has 0 bridgehead atoms. The number of rotatable bonds is 6. The minimum absolute atomic E-state index is 0.0547. The van der Waals surface area contributed by atoms with Crippen molar-refractivity contribution in [2.75, 3.05) is 39.3 Å². The molecule has 1 N–H and O–H groups in total. The van der Waals surface area contributed by atoms with Gasteiger partial charge in [-0.15, -0.1) is 0 Å². The van der Waals surface area contributed by atoms with Gasteiger partial charge in [0.05, 0.1) is 0 Å². The molecule has 1 heterocycles. The van der Waals surface area contributed by atoms with E-state index >= 15 is 0 Å². The predicted octanol–water partition coefficient (Wildman–Crippen LogP) is 2.47. The molecule has 1 fully saturated rings. The van der Waals surface area contributed by atoms with Crippen LogP contribution in [0.3, 0.4) is 0 Å². The SMILES string of the molecule is CC(C)(C)[Si](OCCN1CCNCC1)(c1ccccc1)c1ccccc1. The van der Waals surface area contributed by atoms with Crippen LogP contribution in [0.15, 0.2) is 60.7 Å². The van der Waals surface area contributed by atoms with E-state index in [1.807, 2.05) is 0 Å². The van der Waals surface area contributed by atoms with Gasteiger partial charge in [0.2, 0.25) is 0 Å². The standard InChI is InChI=1S/C22H32N2OSi/c1-22(2,3)26(20-10-6-4-7-11-20,21-12-8-5-9-13-21)25-19-18-24-16-14-23-15-17-24/h4-13,23H,14-19H2,1-3H3. The van der Waals surface area contributed by atoms with Crippen molar-refractivity contribution in [3.63, 3.8) is 0 Å². The molecule has 0 amide bonds. The molecule has 1 aliphatic rings. The largest absolute Gasteiger partial charge is 0.406 e. The third kappa shape index (κ3) is 4.09. The number of hydrogen-bond acceptors (Lipinski definition) is 3. The fourth-order valence-electron chi connectivity index (χ4n) is 4.02. The monoisotopic (exact) mass is 368 g/mol. The first kappa shape index (κ1) is 19.3. The minimum atomic E-state index is -2.38. The summed E-state index contributed by atoms with van der Waals surface area (Å²) in [5.74, 6) is 0. The molecule has 1 saturated heterocycles. The summed E-state index contributed by atoms with van der Waals surface area (Å²) in [5.41, 5.74) is 0.